The monoisotopic (exact) mass is 408 g/mol. The zero-order chi connectivity index (χ0) is 20.9. The SMILES string of the molecule is O=C1CC[C@@H](CN(Cc2cccnc2)C(=O)c2cc(Cc3ccc(F)cc3)no2)N1. The van der Waals surface area contributed by atoms with Crippen molar-refractivity contribution < 1.29 is 18.5 Å². The number of halogens is 1. The molecule has 0 bridgehead atoms. The zero-order valence-corrected chi connectivity index (χ0v) is 16.3. The van der Waals surface area contributed by atoms with Crippen molar-refractivity contribution in [2.75, 3.05) is 6.54 Å². The molecule has 1 N–H and O–H groups in total. The summed E-state index contributed by atoms with van der Waals surface area (Å²) in [4.78, 5) is 30.4. The van der Waals surface area contributed by atoms with Crippen molar-refractivity contribution in [1.29, 1.82) is 0 Å². The Bertz CT molecular complexity index is 1020. The number of carbonyl (C=O) groups is 2. The van der Waals surface area contributed by atoms with E-state index in [1.54, 1.807) is 35.5 Å². The summed E-state index contributed by atoms with van der Waals surface area (Å²) >= 11 is 0. The Labute approximate surface area is 172 Å². The smallest absolute Gasteiger partial charge is 0.292 e. The van der Waals surface area contributed by atoms with Crippen LogP contribution in [0, 0.1) is 5.82 Å². The summed E-state index contributed by atoms with van der Waals surface area (Å²) in [5.74, 6) is -0.493. The van der Waals surface area contributed by atoms with E-state index in [9.17, 15) is 14.0 Å². The molecule has 1 aromatic carbocycles. The Balaban J connectivity index is 1.49. The maximum atomic E-state index is 13.1. The molecule has 1 atom stereocenters. The van der Waals surface area contributed by atoms with Crippen molar-refractivity contribution in [1.82, 2.24) is 20.4 Å². The van der Waals surface area contributed by atoms with Gasteiger partial charge in [-0.05, 0) is 35.7 Å². The van der Waals surface area contributed by atoms with E-state index >= 15 is 0 Å². The normalized spacial score (nSPS) is 15.8. The quantitative estimate of drug-likeness (QED) is 0.649. The molecule has 3 heterocycles. The molecule has 7 nitrogen and oxygen atoms in total. The highest BCUT2D eigenvalue weighted by atomic mass is 19.1. The first-order chi connectivity index (χ1) is 14.6. The zero-order valence-electron chi connectivity index (χ0n) is 16.3. The van der Waals surface area contributed by atoms with Gasteiger partial charge < -0.3 is 14.7 Å². The van der Waals surface area contributed by atoms with Crippen LogP contribution in [-0.4, -0.2) is 39.4 Å². The topological polar surface area (TPSA) is 88.3 Å². The van der Waals surface area contributed by atoms with Gasteiger partial charge in [0.25, 0.3) is 5.91 Å². The number of benzene rings is 1. The average molecular weight is 408 g/mol. The van der Waals surface area contributed by atoms with Gasteiger partial charge in [0.15, 0.2) is 0 Å². The number of hydrogen-bond acceptors (Lipinski definition) is 5. The molecule has 1 aliphatic rings. The predicted octanol–water partition coefficient (Wildman–Crippen LogP) is 2.72. The lowest BCUT2D eigenvalue weighted by atomic mass is 10.1. The highest BCUT2D eigenvalue weighted by molar-refractivity contribution is 5.91. The highest BCUT2D eigenvalue weighted by Gasteiger charge is 2.28. The van der Waals surface area contributed by atoms with Gasteiger partial charge in [0.1, 0.15) is 5.82 Å². The fourth-order valence-electron chi connectivity index (χ4n) is 3.47. The number of pyridine rings is 1. The van der Waals surface area contributed by atoms with Crippen molar-refractivity contribution in [2.45, 2.75) is 31.8 Å². The minimum Gasteiger partial charge on any atom is -0.352 e. The Hall–Kier alpha value is -3.55. The molecule has 0 unspecified atom stereocenters. The van der Waals surface area contributed by atoms with Gasteiger partial charge in [-0.1, -0.05) is 23.4 Å². The average Bonchev–Trinajstić information content (AvgIpc) is 3.38. The van der Waals surface area contributed by atoms with Crippen molar-refractivity contribution >= 4 is 11.8 Å². The largest absolute Gasteiger partial charge is 0.352 e. The highest BCUT2D eigenvalue weighted by Crippen LogP contribution is 2.17. The van der Waals surface area contributed by atoms with E-state index in [0.717, 1.165) is 11.1 Å². The van der Waals surface area contributed by atoms with Crippen molar-refractivity contribution in [2.24, 2.45) is 0 Å². The number of nitrogens with one attached hydrogen (secondary N) is 1. The molecule has 0 spiro atoms. The number of amides is 2. The summed E-state index contributed by atoms with van der Waals surface area (Å²) in [5, 5.41) is 6.88. The van der Waals surface area contributed by atoms with Crippen LogP contribution in [0.25, 0.3) is 0 Å². The summed E-state index contributed by atoms with van der Waals surface area (Å²) in [5.41, 5.74) is 2.33. The van der Waals surface area contributed by atoms with Gasteiger partial charge in [0.05, 0.1) is 5.69 Å². The summed E-state index contributed by atoms with van der Waals surface area (Å²) in [6.07, 6.45) is 4.95. The third-order valence-electron chi connectivity index (χ3n) is 4.98. The molecule has 4 rings (SSSR count). The van der Waals surface area contributed by atoms with Gasteiger partial charge in [-0.2, -0.15) is 0 Å². The number of aromatic nitrogens is 2. The van der Waals surface area contributed by atoms with Gasteiger partial charge in [-0.25, -0.2) is 4.39 Å². The fourth-order valence-corrected chi connectivity index (χ4v) is 3.47. The van der Waals surface area contributed by atoms with Crippen molar-refractivity contribution in [3.05, 3.63) is 83.3 Å². The molecule has 0 radical (unpaired) electrons. The molecule has 2 amide bonds. The second-order valence-corrected chi connectivity index (χ2v) is 7.34. The van der Waals surface area contributed by atoms with Crippen molar-refractivity contribution in [3.63, 3.8) is 0 Å². The molecule has 30 heavy (non-hydrogen) atoms. The van der Waals surface area contributed by atoms with Gasteiger partial charge in [-0.3, -0.25) is 14.6 Å². The van der Waals surface area contributed by atoms with Crippen LogP contribution in [0.1, 0.15) is 40.2 Å². The second-order valence-electron chi connectivity index (χ2n) is 7.34. The maximum absolute atomic E-state index is 13.1. The third kappa shape index (κ3) is 4.89. The lowest BCUT2D eigenvalue weighted by Crippen LogP contribution is -2.41. The molecule has 2 aromatic heterocycles. The van der Waals surface area contributed by atoms with E-state index in [4.69, 9.17) is 4.52 Å². The summed E-state index contributed by atoms with van der Waals surface area (Å²) < 4.78 is 18.4. The molecule has 1 saturated heterocycles. The van der Waals surface area contributed by atoms with E-state index < -0.39 is 0 Å². The van der Waals surface area contributed by atoms with E-state index in [-0.39, 0.29) is 29.4 Å². The Morgan fingerprint density at radius 2 is 2.07 bits per heavy atom. The number of rotatable bonds is 7. The molecular weight excluding hydrogens is 387 g/mol. The molecule has 154 valence electrons. The molecule has 1 fully saturated rings. The number of nitrogens with zero attached hydrogens (tertiary/aromatic N) is 3. The number of hydrogen-bond donors (Lipinski definition) is 1. The standard InChI is InChI=1S/C22H21FN4O3/c23-17-5-3-15(4-6-17)10-19-11-20(30-26-19)22(29)27(13-16-2-1-9-24-12-16)14-18-7-8-21(28)25-18/h1-6,9,11-12,18H,7-8,10,13-14H2,(H,25,28)/t18-/m0/s1. The minimum absolute atomic E-state index is 0.00461. The first kappa shape index (κ1) is 19.8. The summed E-state index contributed by atoms with van der Waals surface area (Å²) in [7, 11) is 0. The lowest BCUT2D eigenvalue weighted by molar-refractivity contribution is -0.119. The fraction of sp³-hybridized carbons (Fsp3) is 0.273. The molecule has 3 aromatic rings. The Morgan fingerprint density at radius 3 is 2.77 bits per heavy atom. The van der Waals surface area contributed by atoms with Crippen LogP contribution >= 0.6 is 0 Å². The summed E-state index contributed by atoms with van der Waals surface area (Å²) in [6, 6.07) is 11.3. The van der Waals surface area contributed by atoms with Gasteiger partial charge in [-0.15, -0.1) is 0 Å². The van der Waals surface area contributed by atoms with E-state index in [2.05, 4.69) is 15.5 Å². The molecule has 1 aliphatic heterocycles. The van der Waals surface area contributed by atoms with Crippen molar-refractivity contribution in [3.8, 4) is 0 Å². The summed E-state index contributed by atoms with van der Waals surface area (Å²) in [6.45, 7) is 0.709. The Morgan fingerprint density at radius 1 is 1.23 bits per heavy atom. The van der Waals surface area contributed by atoms with Gasteiger partial charge in [0.2, 0.25) is 11.7 Å². The van der Waals surface area contributed by atoms with E-state index in [1.165, 1.54) is 12.1 Å². The minimum atomic E-state index is -0.308. The van der Waals surface area contributed by atoms with Crippen LogP contribution in [0.5, 0.6) is 0 Å². The second kappa shape index (κ2) is 8.86. The van der Waals surface area contributed by atoms with E-state index in [1.807, 2.05) is 12.1 Å². The number of carbonyl (C=O) groups excluding carboxylic acids is 2. The van der Waals surface area contributed by atoms with Gasteiger partial charge >= 0.3 is 0 Å². The van der Waals surface area contributed by atoms with Crippen LogP contribution in [-0.2, 0) is 17.8 Å². The van der Waals surface area contributed by atoms with Crippen LogP contribution in [0.2, 0.25) is 0 Å². The molecule has 0 saturated carbocycles. The van der Waals surface area contributed by atoms with E-state index in [0.29, 0.717) is 38.0 Å². The van der Waals surface area contributed by atoms with Crippen LogP contribution in [0.15, 0.2) is 59.4 Å². The first-order valence-corrected chi connectivity index (χ1v) is 9.74. The molecule has 8 heteroatoms. The van der Waals surface area contributed by atoms with Crippen LogP contribution in [0.4, 0.5) is 4.39 Å². The maximum Gasteiger partial charge on any atom is 0.292 e. The third-order valence-corrected chi connectivity index (χ3v) is 4.98. The Kier molecular flexibility index (Phi) is 5.83. The molecular formula is C22H21FN4O3. The predicted molar refractivity (Wildman–Crippen MR) is 106 cm³/mol. The van der Waals surface area contributed by atoms with Gasteiger partial charge in [0, 0.05) is 50.4 Å². The lowest BCUT2D eigenvalue weighted by Gasteiger charge is -2.24. The molecule has 0 aliphatic carbocycles. The first-order valence-electron chi connectivity index (χ1n) is 9.74. The van der Waals surface area contributed by atoms with Crippen LogP contribution < -0.4 is 5.32 Å². The van der Waals surface area contributed by atoms with Crippen LogP contribution in [0.3, 0.4) is 0 Å².